The number of imidazole rings is 2. The van der Waals surface area contributed by atoms with Gasteiger partial charge in [0.2, 0.25) is 11.2 Å². The summed E-state index contributed by atoms with van der Waals surface area (Å²) in [6, 6.07) is 8.17. The second kappa shape index (κ2) is 14.8. The van der Waals surface area contributed by atoms with Crippen molar-refractivity contribution < 1.29 is 10.2 Å². The van der Waals surface area contributed by atoms with Gasteiger partial charge in [-0.15, -0.1) is 10.2 Å². The van der Waals surface area contributed by atoms with E-state index < -0.39 is 0 Å². The van der Waals surface area contributed by atoms with Gasteiger partial charge >= 0.3 is 0 Å². The Morgan fingerprint density at radius 2 is 1.49 bits per heavy atom. The zero-order valence-electron chi connectivity index (χ0n) is 26.3. The molecule has 0 unspecified atom stereocenters. The highest BCUT2D eigenvalue weighted by Crippen LogP contribution is 2.26. The lowest BCUT2D eigenvalue weighted by atomic mass is 10.2. The van der Waals surface area contributed by atoms with E-state index in [1.807, 2.05) is 72.3 Å². The van der Waals surface area contributed by atoms with Crippen molar-refractivity contribution in [2.45, 2.75) is 37.8 Å². The number of aliphatic hydroxyl groups is 2. The molecule has 0 aliphatic carbocycles. The molecule has 8 heterocycles. The van der Waals surface area contributed by atoms with Gasteiger partial charge in [-0.2, -0.15) is 9.97 Å². The Bertz CT molecular complexity index is 1890. The molecule has 2 aliphatic rings. The molecule has 8 rings (SSSR count). The molecule has 5 N–H and O–H groups in total. The molecule has 248 valence electrons. The van der Waals surface area contributed by atoms with E-state index in [0.29, 0.717) is 36.1 Å². The van der Waals surface area contributed by atoms with Crippen molar-refractivity contribution in [1.29, 1.82) is 0 Å². The quantitative estimate of drug-likeness (QED) is 0.169. The summed E-state index contributed by atoms with van der Waals surface area (Å²) in [5, 5.41) is 36.4. The van der Waals surface area contributed by atoms with Gasteiger partial charge in [-0.25, -0.2) is 19.0 Å². The van der Waals surface area contributed by atoms with Gasteiger partial charge in [0.1, 0.15) is 22.7 Å². The Hall–Kier alpha value is -4.77. The van der Waals surface area contributed by atoms with Crippen molar-refractivity contribution in [3.05, 3.63) is 67.0 Å². The van der Waals surface area contributed by atoms with Crippen LogP contribution in [-0.2, 0) is 14.1 Å². The van der Waals surface area contributed by atoms with Crippen LogP contribution in [0.25, 0.3) is 11.0 Å². The van der Waals surface area contributed by atoms with E-state index >= 15 is 0 Å². The van der Waals surface area contributed by atoms with Gasteiger partial charge in [-0.05, 0) is 68.1 Å². The summed E-state index contributed by atoms with van der Waals surface area (Å²) in [4.78, 5) is 19.4. The Balaban J connectivity index is 0.000000141. The molecule has 2 atom stereocenters. The van der Waals surface area contributed by atoms with Crippen LogP contribution in [0.15, 0.2) is 61.7 Å². The van der Waals surface area contributed by atoms with Crippen LogP contribution in [0.3, 0.4) is 0 Å². The van der Waals surface area contributed by atoms with Crippen molar-refractivity contribution in [2.75, 3.05) is 41.8 Å². The van der Waals surface area contributed by atoms with Crippen molar-refractivity contribution in [2.24, 2.45) is 14.1 Å². The predicted molar refractivity (Wildman–Crippen MR) is 180 cm³/mol. The van der Waals surface area contributed by atoms with Gasteiger partial charge in [0.05, 0.1) is 31.9 Å². The van der Waals surface area contributed by atoms with Crippen molar-refractivity contribution in [1.82, 2.24) is 53.6 Å². The SMILES string of the molecule is Cn1cnc(Nc2nc(Cl)nn3cccc23)c1.Cn1cnc(Nc2nc(N3CCC[C@H]3CO)nn3cccc23)c1.OC[C@@H]1CCCN1. The smallest absolute Gasteiger partial charge is 0.245 e. The molecular weight excluding hydrogens is 624 g/mol. The normalized spacial score (nSPS) is 17.4. The van der Waals surface area contributed by atoms with Crippen molar-refractivity contribution in [3.8, 4) is 0 Å². The first-order valence-electron chi connectivity index (χ1n) is 15.5. The number of aliphatic hydroxyl groups excluding tert-OH is 2. The highest BCUT2D eigenvalue weighted by molar-refractivity contribution is 6.28. The molecule has 0 spiro atoms. The van der Waals surface area contributed by atoms with Gasteiger partial charge in [0.15, 0.2) is 11.6 Å². The molecule has 0 radical (unpaired) electrons. The van der Waals surface area contributed by atoms with Crippen LogP contribution >= 0.6 is 11.6 Å². The second-order valence-corrected chi connectivity index (χ2v) is 11.8. The standard InChI is InChI=1S/C15H19N7O.C10H9ClN6.C5H11NO/c1-20-8-13(16-10-20)17-14-12-5-3-7-22(12)19-15(18-14)21-6-2-4-11(21)9-23;1-16-5-8(12-6-16)13-9-7-3-2-4-17(7)15-10(11)14-9;7-4-5-2-1-3-6-5/h3,5,7-8,10-11,23H,2,4,6,9H2,1H3,(H,17,18,19);2-6H,1H3,(H,13,14,15);5-7H,1-4H2/t11-;;5-/m0.0/s1. The maximum Gasteiger partial charge on any atom is 0.245 e. The summed E-state index contributed by atoms with van der Waals surface area (Å²) in [5.41, 5.74) is 1.74. The van der Waals surface area contributed by atoms with Crippen LogP contribution in [-0.4, -0.2) is 96.9 Å². The number of hydrogen-bond donors (Lipinski definition) is 5. The molecule has 16 nitrogen and oxygen atoms in total. The van der Waals surface area contributed by atoms with Gasteiger partial charge in [0, 0.05) is 51.5 Å². The number of hydrogen-bond acceptors (Lipinski definition) is 12. The molecule has 17 heteroatoms. The van der Waals surface area contributed by atoms with Crippen molar-refractivity contribution >= 4 is 51.9 Å². The number of rotatable bonds is 7. The first-order valence-corrected chi connectivity index (χ1v) is 15.9. The average molecular weight is 663 g/mol. The van der Waals surface area contributed by atoms with E-state index in [2.05, 4.69) is 51.0 Å². The number of halogens is 1. The summed E-state index contributed by atoms with van der Waals surface area (Å²) in [7, 11) is 3.82. The molecule has 0 amide bonds. The van der Waals surface area contributed by atoms with Crippen LogP contribution in [0.5, 0.6) is 0 Å². The first kappa shape index (κ1) is 32.2. The highest BCUT2D eigenvalue weighted by atomic mass is 35.5. The summed E-state index contributed by atoms with van der Waals surface area (Å²) < 4.78 is 7.20. The zero-order valence-corrected chi connectivity index (χ0v) is 27.0. The largest absolute Gasteiger partial charge is 0.395 e. The predicted octanol–water partition coefficient (Wildman–Crippen LogP) is 2.76. The first-order chi connectivity index (χ1) is 22.9. The summed E-state index contributed by atoms with van der Waals surface area (Å²) in [6.07, 6.45) is 15.3. The topological polar surface area (TPSA) is 176 Å². The molecule has 2 saturated heterocycles. The number of aryl methyl sites for hydroxylation is 2. The third kappa shape index (κ3) is 7.79. The van der Waals surface area contributed by atoms with Crippen LogP contribution in [0.1, 0.15) is 25.7 Å². The fraction of sp³-hybridized carbons (Fsp3) is 0.400. The lowest BCUT2D eigenvalue weighted by Gasteiger charge is -2.23. The van der Waals surface area contributed by atoms with E-state index in [4.69, 9.17) is 16.7 Å². The molecule has 0 bridgehead atoms. The minimum absolute atomic E-state index is 0.0886. The fourth-order valence-corrected chi connectivity index (χ4v) is 5.70. The monoisotopic (exact) mass is 662 g/mol. The molecular formula is C30H39ClN14O2. The Morgan fingerprint density at radius 1 is 0.851 bits per heavy atom. The second-order valence-electron chi connectivity index (χ2n) is 11.4. The molecule has 2 fully saturated rings. The third-order valence-electron chi connectivity index (χ3n) is 7.88. The number of aromatic nitrogens is 10. The van der Waals surface area contributed by atoms with Crippen LogP contribution in [0.2, 0.25) is 5.28 Å². The Morgan fingerprint density at radius 3 is 2.02 bits per heavy atom. The van der Waals surface area contributed by atoms with Crippen LogP contribution in [0.4, 0.5) is 29.2 Å². The van der Waals surface area contributed by atoms with Crippen LogP contribution < -0.4 is 20.9 Å². The third-order valence-corrected chi connectivity index (χ3v) is 8.04. The van der Waals surface area contributed by atoms with Gasteiger partial charge in [-0.3, -0.25) is 0 Å². The maximum absolute atomic E-state index is 9.55. The van der Waals surface area contributed by atoms with E-state index in [1.165, 1.54) is 6.42 Å². The van der Waals surface area contributed by atoms with Gasteiger partial charge in [-0.1, -0.05) is 0 Å². The number of nitrogens with zero attached hydrogens (tertiary/aromatic N) is 11. The lowest BCUT2D eigenvalue weighted by Crippen LogP contribution is -2.34. The molecule has 6 aromatic heterocycles. The molecule has 47 heavy (non-hydrogen) atoms. The van der Waals surface area contributed by atoms with Gasteiger partial charge < -0.3 is 40.2 Å². The van der Waals surface area contributed by atoms with E-state index in [-0.39, 0.29) is 17.9 Å². The number of nitrogens with one attached hydrogen (secondary N) is 3. The number of fused-ring (bicyclic) bond motifs is 2. The Labute approximate surface area is 276 Å². The minimum atomic E-state index is 0.0886. The summed E-state index contributed by atoms with van der Waals surface area (Å²) in [6.45, 7) is 2.38. The summed E-state index contributed by atoms with van der Waals surface area (Å²) >= 11 is 5.84. The molecule has 6 aromatic rings. The molecule has 0 aromatic carbocycles. The minimum Gasteiger partial charge on any atom is -0.395 e. The lowest BCUT2D eigenvalue weighted by molar-refractivity contribution is 0.255. The average Bonchev–Trinajstić information content (AvgIpc) is 3.91. The number of anilines is 5. The maximum atomic E-state index is 9.55. The van der Waals surface area contributed by atoms with E-state index in [0.717, 1.165) is 49.2 Å². The highest BCUT2D eigenvalue weighted by Gasteiger charge is 2.27. The molecule has 2 aliphatic heterocycles. The Kier molecular flexibility index (Phi) is 10.1. The molecule has 0 saturated carbocycles. The van der Waals surface area contributed by atoms with Gasteiger partial charge in [0.25, 0.3) is 0 Å². The zero-order chi connectivity index (χ0) is 32.8. The van der Waals surface area contributed by atoms with Crippen molar-refractivity contribution in [3.63, 3.8) is 0 Å². The van der Waals surface area contributed by atoms with E-state index in [1.54, 1.807) is 21.7 Å². The van der Waals surface area contributed by atoms with Crippen LogP contribution in [0, 0.1) is 0 Å². The fourth-order valence-electron chi connectivity index (χ4n) is 5.54. The summed E-state index contributed by atoms with van der Waals surface area (Å²) in [5.74, 6) is 3.42. The van der Waals surface area contributed by atoms with E-state index in [9.17, 15) is 5.11 Å².